The smallest absolute Gasteiger partial charge is 0.338 e. The van der Waals surface area contributed by atoms with Gasteiger partial charge < -0.3 is 99.5 Å². The Morgan fingerprint density at radius 1 is 0.243 bits per heavy atom. The third-order valence-corrected chi connectivity index (χ3v) is 24.4. The minimum Gasteiger partial charge on any atom is -0.454 e. The number of benzene rings is 12. The van der Waals surface area contributed by atoms with E-state index in [1.165, 1.54) is 6.92 Å². The summed E-state index contributed by atoms with van der Waals surface area (Å²) in [6.45, 7) is -0.0696. The lowest BCUT2D eigenvalue weighted by Crippen LogP contribution is -2.67. The Morgan fingerprint density at radius 2 is 0.457 bits per heavy atom. The second kappa shape index (κ2) is 52.5. The number of esters is 3. The first-order valence-corrected chi connectivity index (χ1v) is 47.8. The van der Waals surface area contributed by atoms with E-state index < -0.39 is 164 Å². The van der Waals surface area contributed by atoms with Gasteiger partial charge in [0.05, 0.1) is 104 Å². The topological polar surface area (TPSA) is 269 Å². The van der Waals surface area contributed by atoms with Crippen LogP contribution in [0.25, 0.3) is 0 Å². The zero-order valence-corrected chi connectivity index (χ0v) is 79.3. The number of hydrogen-bond donors (Lipinski definition) is 1. The molecular weight excluding hydrogens is 1850 g/mol. The van der Waals surface area contributed by atoms with Gasteiger partial charge in [0, 0.05) is 6.92 Å². The third-order valence-electron chi connectivity index (χ3n) is 23.9. The van der Waals surface area contributed by atoms with Gasteiger partial charge in [-0.05, 0) is 79.9 Å². The summed E-state index contributed by atoms with van der Waals surface area (Å²) in [7, 11) is 0. The molecule has 28 heteroatoms. The van der Waals surface area contributed by atoms with Crippen LogP contribution < -0.4 is 0 Å². The van der Waals surface area contributed by atoms with E-state index in [2.05, 4.69) is 0 Å². The predicted octanol–water partition coefficient (Wildman–Crippen LogP) is 19.2. The molecule has 4 saturated heterocycles. The fraction of sp³-hybridized carbons (Fsp3) is 0.321. The van der Waals surface area contributed by atoms with Crippen molar-refractivity contribution in [2.75, 3.05) is 26.4 Å². The fourth-order valence-electron chi connectivity index (χ4n) is 16.9. The van der Waals surface area contributed by atoms with E-state index in [1.807, 2.05) is 303 Å². The first kappa shape index (κ1) is 102. The monoisotopic (exact) mass is 1960 g/mol. The molecule has 0 radical (unpaired) electrons. The molecule has 1 N–H and O–H groups in total. The molecule has 4 aliphatic heterocycles. The predicted molar refractivity (Wildman–Crippen MR) is 520 cm³/mol. The largest absolute Gasteiger partial charge is 0.454 e. The van der Waals surface area contributed by atoms with Crippen LogP contribution in [0.15, 0.2) is 364 Å². The van der Waals surface area contributed by atoms with Crippen molar-refractivity contribution in [1.29, 1.82) is 5.41 Å². The zero-order chi connectivity index (χ0) is 96.5. The number of carbonyl (C=O) groups is 3. The van der Waals surface area contributed by atoms with Gasteiger partial charge in [-0.1, -0.05) is 375 Å². The van der Waals surface area contributed by atoms with Crippen LogP contribution in [0, 0.1) is 5.41 Å². The Labute approximate surface area is 829 Å². The van der Waals surface area contributed by atoms with Crippen LogP contribution in [-0.2, 0) is 170 Å². The highest BCUT2D eigenvalue weighted by Crippen LogP contribution is 2.42. The summed E-state index contributed by atoms with van der Waals surface area (Å²) >= 11 is 19.5. The molecular formula is C112H112Cl3NO24. The average Bonchev–Trinajstić information content (AvgIpc) is 0.777. The molecule has 4 aliphatic rings. The molecule has 140 heavy (non-hydrogen) atoms. The van der Waals surface area contributed by atoms with Crippen molar-refractivity contribution >= 4 is 58.6 Å². The van der Waals surface area contributed by atoms with Crippen LogP contribution in [-0.4, -0.2) is 177 Å². The van der Waals surface area contributed by atoms with E-state index in [1.54, 1.807) is 60.7 Å². The minimum atomic E-state index is -2.50. The number of alkyl halides is 3. The summed E-state index contributed by atoms with van der Waals surface area (Å²) in [6, 6.07) is 112. The molecule has 4 fully saturated rings. The molecule has 12 aromatic rings. The molecule has 0 unspecified atom stereocenters. The maximum Gasteiger partial charge on any atom is 0.338 e. The van der Waals surface area contributed by atoms with Gasteiger partial charge in [0.2, 0.25) is 12.2 Å². The summed E-state index contributed by atoms with van der Waals surface area (Å²) in [5, 5.41) is 9.16. The van der Waals surface area contributed by atoms with Crippen LogP contribution in [0.1, 0.15) is 83.3 Å². The van der Waals surface area contributed by atoms with E-state index in [9.17, 15) is 9.59 Å². The number of halogens is 3. The Kier molecular flexibility index (Phi) is 38.1. The molecule has 0 spiro atoms. The lowest BCUT2D eigenvalue weighted by molar-refractivity contribution is -0.385. The van der Waals surface area contributed by atoms with Crippen LogP contribution >= 0.6 is 34.8 Å². The van der Waals surface area contributed by atoms with Gasteiger partial charge in [-0.2, -0.15) is 0 Å². The van der Waals surface area contributed by atoms with E-state index >= 15 is 4.79 Å². The summed E-state index contributed by atoms with van der Waals surface area (Å²) in [5.41, 5.74) is 8.14. The molecule has 16 rings (SSSR count). The Balaban J connectivity index is 0.838. The van der Waals surface area contributed by atoms with Gasteiger partial charge in [-0.3, -0.25) is 10.2 Å². The molecule has 25 nitrogen and oxygen atoms in total. The lowest BCUT2D eigenvalue weighted by atomic mass is 9.95. The van der Waals surface area contributed by atoms with Crippen LogP contribution in [0.3, 0.4) is 0 Å². The minimum absolute atomic E-state index is 0.00739. The van der Waals surface area contributed by atoms with Crippen molar-refractivity contribution in [1.82, 2.24) is 0 Å². The van der Waals surface area contributed by atoms with Crippen LogP contribution in [0.2, 0.25) is 0 Å². The number of rotatable bonds is 46. The molecule has 4 heterocycles. The standard InChI is InChI=1S/C112H112Cl3NO24/c1-76(117)132-103-99(128-70-85-54-30-10-31-55-85)94(123-65-80-44-20-5-21-45-80)90(73-121-63-78-40-16-3-17-41-78)135-109(103)139-102-98(127-69-84-52-28-9-29-53-84)93(122-64-79-42-18-4-19-43-79)89(72-120-62-77-38-14-2-15-39-77)133-108(102)131-74-91-95(124-66-81-46-22-6-23-47-81)97(126-68-83-50-26-8-27-51-83)101(137-105(118)87-58-34-12-35-59-87)107(134-91)130-75-92-96(125-67-82-48-24-7-25-49-82)100(129-71-86-56-32-11-33-57-86)104(110(136-92)140-111(116)112(113,114)115)138-106(119)88-60-36-13-37-61-88/h2-61,89-104,107-110,116H,62-75H2,1H3/t89-,90-,91-,92-,93-,94-,95-,96-,97+,98+,99+,100+,101+,102+,103+,104+,107+,108+,109-,110-/m1/s1. The quantitative estimate of drug-likeness (QED) is 0.0122. The van der Waals surface area contributed by atoms with Gasteiger partial charge in [-0.15, -0.1) is 0 Å². The fourth-order valence-corrected chi connectivity index (χ4v) is 17.1. The molecule has 0 amide bonds. The van der Waals surface area contributed by atoms with E-state index in [-0.39, 0.29) is 90.4 Å². The van der Waals surface area contributed by atoms with E-state index in [4.69, 9.17) is 140 Å². The molecule has 0 saturated carbocycles. The van der Waals surface area contributed by atoms with E-state index in [0.29, 0.717) is 11.1 Å². The Morgan fingerprint density at radius 3 is 0.729 bits per heavy atom. The highest BCUT2D eigenvalue weighted by atomic mass is 35.6. The van der Waals surface area contributed by atoms with Crippen molar-refractivity contribution < 1.29 is 114 Å². The third kappa shape index (κ3) is 29.5. The number of nitrogens with one attached hydrogen (secondary N) is 1. The molecule has 0 bridgehead atoms. The molecule has 0 aromatic heterocycles. The number of hydrogen-bond acceptors (Lipinski definition) is 25. The Bertz CT molecular complexity index is 5670. The summed E-state index contributed by atoms with van der Waals surface area (Å²) in [4.78, 5) is 44.6. The zero-order valence-electron chi connectivity index (χ0n) is 77.0. The molecule has 730 valence electrons. The lowest BCUT2D eigenvalue weighted by Gasteiger charge is -2.50. The van der Waals surface area contributed by atoms with Crippen molar-refractivity contribution in [2.24, 2.45) is 0 Å². The average molecular weight is 1960 g/mol. The van der Waals surface area contributed by atoms with Gasteiger partial charge in [-0.25, -0.2) is 9.59 Å². The molecule has 20 atom stereocenters. The van der Waals surface area contributed by atoms with Gasteiger partial charge >= 0.3 is 17.9 Å². The number of ether oxygens (including phenoxy) is 21. The second-order valence-corrected chi connectivity index (χ2v) is 36.3. The maximum absolute atomic E-state index is 15.5. The summed E-state index contributed by atoms with van der Waals surface area (Å²) in [6.07, 6.45) is -27.9. The molecule has 12 aromatic carbocycles. The first-order valence-electron chi connectivity index (χ1n) is 46.6. The molecule has 0 aliphatic carbocycles. The van der Waals surface area contributed by atoms with Crippen molar-refractivity contribution in [3.63, 3.8) is 0 Å². The second-order valence-electron chi connectivity index (χ2n) is 34.0. The SMILES string of the molecule is CC(=O)O[C@@H]1[C@@H](O[C@@H]2[C@@H](OC[C@H]3O[C@H](OC[C@H]4O[C@H](OC(=N)C(Cl)(Cl)Cl)[C@@H](OC(=O)c5ccccc5)[C@@H](OCc5ccccc5)[C@@H]4OCc4ccccc4)[C@@H](OC(=O)c4ccccc4)[C@@H](OCc4ccccc4)[C@@H]3OCc3ccccc3)O[C@H](COCc3ccccc3)[C@@H](OCc3ccccc3)[C@@H]2OCc2ccccc2)O[C@H](COCc2ccccc2)[C@@H](OCc2ccccc2)[C@@H]1OCc1ccccc1. The summed E-state index contributed by atoms with van der Waals surface area (Å²) < 4.78 is 147. The highest BCUT2D eigenvalue weighted by molar-refractivity contribution is 6.76. The highest BCUT2D eigenvalue weighted by Gasteiger charge is 2.59. The van der Waals surface area contributed by atoms with Gasteiger partial charge in [0.25, 0.3) is 3.79 Å². The van der Waals surface area contributed by atoms with Crippen LogP contribution in [0.5, 0.6) is 0 Å². The van der Waals surface area contributed by atoms with E-state index in [0.717, 1.165) is 44.5 Å². The first-order chi connectivity index (χ1) is 68.6. The maximum atomic E-state index is 15.5. The van der Waals surface area contributed by atoms with Gasteiger partial charge in [0.15, 0.2) is 37.2 Å². The van der Waals surface area contributed by atoms with Crippen LogP contribution in [0.4, 0.5) is 0 Å². The van der Waals surface area contributed by atoms with Crippen molar-refractivity contribution in [3.05, 3.63) is 431 Å². The summed E-state index contributed by atoms with van der Waals surface area (Å²) in [5.74, 6) is -3.26. The Hall–Kier alpha value is -11.3. The van der Waals surface area contributed by atoms with Gasteiger partial charge in [0.1, 0.15) is 79.4 Å². The normalized spacial score (nSPS) is 24.6. The van der Waals surface area contributed by atoms with Crippen molar-refractivity contribution in [3.8, 4) is 0 Å². The van der Waals surface area contributed by atoms with Crippen molar-refractivity contribution in [2.45, 2.75) is 200 Å². The number of carbonyl (C=O) groups excluding carboxylic acids is 3.